The second-order valence-corrected chi connectivity index (χ2v) is 6.74. The van der Waals surface area contributed by atoms with Gasteiger partial charge < -0.3 is 19.4 Å². The molecule has 0 atom stereocenters. The van der Waals surface area contributed by atoms with Crippen LogP contribution in [-0.4, -0.2) is 44.3 Å². The van der Waals surface area contributed by atoms with Crippen LogP contribution in [0.1, 0.15) is 31.6 Å². The highest BCUT2D eigenvalue weighted by molar-refractivity contribution is 5.59. The number of rotatable bonds is 6. The van der Waals surface area contributed by atoms with Crippen LogP contribution in [0.5, 0.6) is 5.88 Å². The highest BCUT2D eigenvalue weighted by Gasteiger charge is 2.23. The van der Waals surface area contributed by atoms with E-state index in [0.29, 0.717) is 37.1 Å². The largest absolute Gasteiger partial charge is 0.478 e. The summed E-state index contributed by atoms with van der Waals surface area (Å²) in [5.74, 6) is 1.16. The molecular weight excluding hydrogens is 375 g/mol. The second-order valence-electron chi connectivity index (χ2n) is 6.74. The van der Waals surface area contributed by atoms with Crippen LogP contribution in [0.15, 0.2) is 30.7 Å². The fourth-order valence-electron chi connectivity index (χ4n) is 3.46. The number of halogens is 1. The molecule has 1 N–H and O–H groups in total. The van der Waals surface area contributed by atoms with Crippen LogP contribution in [0.4, 0.5) is 16.0 Å². The van der Waals surface area contributed by atoms with Gasteiger partial charge in [0.15, 0.2) is 5.82 Å². The lowest BCUT2D eigenvalue weighted by Gasteiger charge is -2.26. The van der Waals surface area contributed by atoms with E-state index in [9.17, 15) is 4.39 Å². The Kier molecular flexibility index (Phi) is 5.66. The van der Waals surface area contributed by atoms with Crippen molar-refractivity contribution in [2.24, 2.45) is 0 Å². The molecule has 0 amide bonds. The number of nitrogens with one attached hydrogen (secondary N) is 1. The predicted molar refractivity (Wildman–Crippen MR) is 106 cm³/mol. The van der Waals surface area contributed by atoms with E-state index < -0.39 is 5.82 Å². The minimum atomic E-state index is -0.492. The van der Waals surface area contributed by atoms with Crippen molar-refractivity contribution in [1.82, 2.24) is 24.5 Å². The van der Waals surface area contributed by atoms with E-state index in [4.69, 9.17) is 9.47 Å². The molecule has 0 radical (unpaired) electrons. The normalized spacial score (nSPS) is 14.7. The van der Waals surface area contributed by atoms with Crippen LogP contribution in [0, 0.1) is 12.7 Å². The third kappa shape index (κ3) is 4.19. The van der Waals surface area contributed by atoms with Crippen molar-refractivity contribution in [3.05, 3.63) is 42.4 Å². The number of anilines is 2. The van der Waals surface area contributed by atoms with E-state index in [1.54, 1.807) is 24.5 Å². The zero-order valence-corrected chi connectivity index (χ0v) is 16.4. The van der Waals surface area contributed by atoms with Crippen LogP contribution >= 0.6 is 0 Å². The van der Waals surface area contributed by atoms with Crippen molar-refractivity contribution < 1.29 is 13.9 Å². The number of aromatic nitrogens is 5. The first-order valence-electron chi connectivity index (χ1n) is 9.66. The van der Waals surface area contributed by atoms with E-state index in [-0.39, 0.29) is 17.7 Å². The Bertz CT molecular complexity index is 970. The molecule has 0 saturated carbocycles. The molecule has 29 heavy (non-hydrogen) atoms. The van der Waals surface area contributed by atoms with Gasteiger partial charge in [-0.05, 0) is 32.8 Å². The lowest BCUT2D eigenvalue weighted by Crippen LogP contribution is -2.21. The van der Waals surface area contributed by atoms with Crippen molar-refractivity contribution in [3.8, 4) is 17.3 Å². The van der Waals surface area contributed by atoms with Gasteiger partial charge in [0.2, 0.25) is 11.8 Å². The van der Waals surface area contributed by atoms with Gasteiger partial charge in [0, 0.05) is 25.3 Å². The SMILES string of the molecule is CCOc1ccc(Nc2ncc(F)c(-c3cnc(C)n3C3CCOCC3)n2)cn1. The average molecular weight is 398 g/mol. The van der Waals surface area contributed by atoms with Crippen molar-refractivity contribution in [3.63, 3.8) is 0 Å². The summed E-state index contributed by atoms with van der Waals surface area (Å²) < 4.78 is 27.5. The molecule has 8 nitrogen and oxygen atoms in total. The lowest BCUT2D eigenvalue weighted by atomic mass is 10.1. The fraction of sp³-hybridized carbons (Fsp3) is 0.400. The molecule has 1 aliphatic rings. The van der Waals surface area contributed by atoms with Crippen molar-refractivity contribution in [2.45, 2.75) is 32.7 Å². The molecule has 4 rings (SSSR count). The van der Waals surface area contributed by atoms with Gasteiger partial charge in [0.1, 0.15) is 11.5 Å². The van der Waals surface area contributed by atoms with Gasteiger partial charge in [-0.15, -0.1) is 0 Å². The van der Waals surface area contributed by atoms with Gasteiger partial charge in [0.05, 0.1) is 36.6 Å². The second kappa shape index (κ2) is 8.52. The van der Waals surface area contributed by atoms with Crippen LogP contribution in [-0.2, 0) is 4.74 Å². The van der Waals surface area contributed by atoms with Gasteiger partial charge >= 0.3 is 0 Å². The van der Waals surface area contributed by atoms with Gasteiger partial charge in [-0.1, -0.05) is 0 Å². The van der Waals surface area contributed by atoms with Crippen LogP contribution in [0.25, 0.3) is 11.4 Å². The molecule has 0 aromatic carbocycles. The van der Waals surface area contributed by atoms with E-state index >= 15 is 0 Å². The van der Waals surface area contributed by atoms with Crippen molar-refractivity contribution >= 4 is 11.6 Å². The van der Waals surface area contributed by atoms with Crippen molar-refractivity contribution in [1.29, 1.82) is 0 Å². The monoisotopic (exact) mass is 398 g/mol. The molecule has 0 bridgehead atoms. The topological polar surface area (TPSA) is 87.0 Å². The summed E-state index contributed by atoms with van der Waals surface area (Å²) in [4.78, 5) is 17.1. The maximum atomic E-state index is 14.6. The first-order chi connectivity index (χ1) is 14.2. The van der Waals surface area contributed by atoms with Crippen molar-refractivity contribution in [2.75, 3.05) is 25.1 Å². The molecule has 152 valence electrons. The van der Waals surface area contributed by atoms with Gasteiger partial charge in [0.25, 0.3) is 0 Å². The van der Waals surface area contributed by atoms with E-state index in [1.165, 1.54) is 6.20 Å². The Morgan fingerprint density at radius 3 is 2.72 bits per heavy atom. The Hall–Kier alpha value is -3.07. The van der Waals surface area contributed by atoms with E-state index in [1.807, 2.05) is 13.8 Å². The lowest BCUT2D eigenvalue weighted by molar-refractivity contribution is 0.0694. The Morgan fingerprint density at radius 2 is 2.00 bits per heavy atom. The highest BCUT2D eigenvalue weighted by atomic mass is 19.1. The Balaban J connectivity index is 1.62. The summed E-state index contributed by atoms with van der Waals surface area (Å²) in [5, 5.41) is 3.06. The van der Waals surface area contributed by atoms with E-state index in [0.717, 1.165) is 18.7 Å². The number of hydrogen-bond acceptors (Lipinski definition) is 7. The summed E-state index contributed by atoms with van der Waals surface area (Å²) in [7, 11) is 0. The van der Waals surface area contributed by atoms with Gasteiger partial charge in [-0.3, -0.25) is 0 Å². The summed E-state index contributed by atoms with van der Waals surface area (Å²) in [5.41, 5.74) is 1.54. The van der Waals surface area contributed by atoms with Crippen LogP contribution in [0.2, 0.25) is 0 Å². The summed E-state index contributed by atoms with van der Waals surface area (Å²) in [6, 6.07) is 3.77. The minimum Gasteiger partial charge on any atom is -0.478 e. The van der Waals surface area contributed by atoms with E-state index in [2.05, 4.69) is 29.8 Å². The molecule has 9 heteroatoms. The number of nitrogens with zero attached hydrogens (tertiary/aromatic N) is 5. The molecule has 1 aliphatic heterocycles. The number of ether oxygens (including phenoxy) is 2. The molecule has 1 saturated heterocycles. The molecule has 4 heterocycles. The maximum absolute atomic E-state index is 14.6. The number of hydrogen-bond donors (Lipinski definition) is 1. The minimum absolute atomic E-state index is 0.210. The summed E-state index contributed by atoms with van der Waals surface area (Å²) >= 11 is 0. The number of pyridine rings is 1. The van der Waals surface area contributed by atoms with Gasteiger partial charge in [-0.2, -0.15) is 0 Å². The molecule has 0 unspecified atom stereocenters. The number of imidazole rings is 1. The smallest absolute Gasteiger partial charge is 0.228 e. The molecule has 0 spiro atoms. The molecule has 3 aromatic rings. The zero-order chi connectivity index (χ0) is 20.2. The first-order valence-corrected chi connectivity index (χ1v) is 9.66. The number of aryl methyl sites for hydroxylation is 1. The summed E-state index contributed by atoms with van der Waals surface area (Å²) in [6.07, 6.45) is 6.18. The molecular formula is C20H23FN6O2. The third-order valence-corrected chi connectivity index (χ3v) is 4.81. The van der Waals surface area contributed by atoms with Crippen LogP contribution < -0.4 is 10.1 Å². The Labute approximate surface area is 168 Å². The maximum Gasteiger partial charge on any atom is 0.228 e. The van der Waals surface area contributed by atoms with Crippen LogP contribution in [0.3, 0.4) is 0 Å². The highest BCUT2D eigenvalue weighted by Crippen LogP contribution is 2.31. The van der Waals surface area contributed by atoms with Gasteiger partial charge in [-0.25, -0.2) is 24.3 Å². The fourth-order valence-corrected chi connectivity index (χ4v) is 3.46. The first kappa shape index (κ1) is 19.3. The Morgan fingerprint density at radius 1 is 1.17 bits per heavy atom. The third-order valence-electron chi connectivity index (χ3n) is 4.81. The predicted octanol–water partition coefficient (Wildman–Crippen LogP) is 3.68. The molecule has 0 aliphatic carbocycles. The molecule has 3 aromatic heterocycles. The standard InChI is InChI=1S/C20H23FN6O2/c1-3-29-18-5-4-14(10-23-18)25-20-24-11-16(21)19(26-20)17-12-22-13(2)27(17)15-6-8-28-9-7-15/h4-5,10-12,15H,3,6-9H2,1-2H3,(H,24,25,26). The quantitative estimate of drug-likeness (QED) is 0.678. The summed E-state index contributed by atoms with van der Waals surface area (Å²) in [6.45, 7) is 5.73. The zero-order valence-electron chi connectivity index (χ0n) is 16.4. The molecule has 1 fully saturated rings. The average Bonchev–Trinajstić information content (AvgIpc) is 3.13.